The largest absolute Gasteiger partial charge is 0.387 e. The van der Waals surface area contributed by atoms with E-state index in [9.17, 15) is 9.90 Å². The van der Waals surface area contributed by atoms with Gasteiger partial charge in [0.2, 0.25) is 0 Å². The molecule has 1 fully saturated rings. The van der Waals surface area contributed by atoms with E-state index in [0.29, 0.717) is 18.1 Å². The van der Waals surface area contributed by atoms with E-state index in [0.717, 1.165) is 18.6 Å². The highest BCUT2D eigenvalue weighted by Gasteiger charge is 2.45. The molecule has 132 valence electrons. The Kier molecular flexibility index (Phi) is 5.55. The van der Waals surface area contributed by atoms with Crippen molar-refractivity contribution >= 4 is 29.2 Å². The van der Waals surface area contributed by atoms with Crippen LogP contribution in [0, 0.1) is 0 Å². The SMILES string of the molecule is CCSC1CCC1(O)CNc1ccc(C(=O)Nc2ccccc2)nn1. The molecule has 0 spiro atoms. The summed E-state index contributed by atoms with van der Waals surface area (Å²) in [4.78, 5) is 12.1. The summed E-state index contributed by atoms with van der Waals surface area (Å²) < 4.78 is 0. The lowest BCUT2D eigenvalue weighted by molar-refractivity contribution is -0.0120. The molecule has 0 radical (unpaired) electrons. The number of carbonyl (C=O) groups excluding carboxylic acids is 1. The summed E-state index contributed by atoms with van der Waals surface area (Å²) in [7, 11) is 0. The second-order valence-electron chi connectivity index (χ2n) is 6.06. The predicted molar refractivity (Wildman–Crippen MR) is 101 cm³/mol. The summed E-state index contributed by atoms with van der Waals surface area (Å²) in [5.41, 5.74) is 0.269. The summed E-state index contributed by atoms with van der Waals surface area (Å²) in [6, 6.07) is 12.5. The number of aliphatic hydroxyl groups is 1. The fourth-order valence-corrected chi connectivity index (χ4v) is 3.94. The maximum Gasteiger partial charge on any atom is 0.276 e. The molecule has 0 bridgehead atoms. The Balaban J connectivity index is 1.54. The Morgan fingerprint density at radius 3 is 2.68 bits per heavy atom. The zero-order chi connectivity index (χ0) is 17.7. The fourth-order valence-electron chi connectivity index (χ4n) is 2.75. The van der Waals surface area contributed by atoms with Gasteiger partial charge in [0.25, 0.3) is 5.91 Å². The number of para-hydroxylation sites is 1. The predicted octanol–water partition coefficient (Wildman–Crippen LogP) is 2.79. The molecule has 1 aliphatic rings. The summed E-state index contributed by atoms with van der Waals surface area (Å²) in [5.74, 6) is 1.25. The highest BCUT2D eigenvalue weighted by molar-refractivity contribution is 8.00. The third-order valence-electron chi connectivity index (χ3n) is 4.31. The molecule has 1 aliphatic carbocycles. The Bertz CT molecular complexity index is 711. The quantitative estimate of drug-likeness (QED) is 0.705. The molecule has 3 N–H and O–H groups in total. The van der Waals surface area contributed by atoms with Gasteiger partial charge in [-0.15, -0.1) is 10.2 Å². The average Bonchev–Trinajstić information content (AvgIpc) is 2.64. The van der Waals surface area contributed by atoms with Crippen molar-refractivity contribution in [2.75, 3.05) is 22.9 Å². The molecule has 1 saturated carbocycles. The number of nitrogens with zero attached hydrogens (tertiary/aromatic N) is 2. The van der Waals surface area contributed by atoms with Crippen molar-refractivity contribution in [2.24, 2.45) is 0 Å². The lowest BCUT2D eigenvalue weighted by atomic mass is 9.79. The van der Waals surface area contributed by atoms with Crippen LogP contribution < -0.4 is 10.6 Å². The van der Waals surface area contributed by atoms with Crippen LogP contribution in [0.2, 0.25) is 0 Å². The normalized spacial score (nSPS) is 22.1. The number of hydrogen-bond acceptors (Lipinski definition) is 6. The molecule has 1 aromatic heterocycles. The first kappa shape index (κ1) is 17.7. The lowest BCUT2D eigenvalue weighted by Crippen LogP contribution is -2.54. The molecule has 6 nitrogen and oxygen atoms in total. The van der Waals surface area contributed by atoms with Gasteiger partial charge in [0.1, 0.15) is 5.82 Å². The second kappa shape index (κ2) is 7.84. The molecular formula is C18H22N4O2S. The highest BCUT2D eigenvalue weighted by Crippen LogP contribution is 2.41. The first-order chi connectivity index (χ1) is 12.1. The first-order valence-electron chi connectivity index (χ1n) is 8.39. The number of amides is 1. The number of hydrogen-bond donors (Lipinski definition) is 3. The monoisotopic (exact) mass is 358 g/mol. The van der Waals surface area contributed by atoms with Crippen LogP contribution in [0.25, 0.3) is 0 Å². The van der Waals surface area contributed by atoms with E-state index >= 15 is 0 Å². The van der Waals surface area contributed by atoms with Crippen molar-refractivity contribution in [1.29, 1.82) is 0 Å². The minimum atomic E-state index is -0.689. The number of anilines is 2. The fraction of sp³-hybridized carbons (Fsp3) is 0.389. The minimum absolute atomic E-state index is 0.246. The van der Waals surface area contributed by atoms with E-state index in [1.165, 1.54) is 0 Å². The molecule has 2 atom stereocenters. The molecule has 1 aromatic carbocycles. The molecule has 2 unspecified atom stereocenters. The standard InChI is InChI=1S/C18H22N4O2S/c1-2-25-15-10-11-18(15,24)12-19-16-9-8-14(21-22-16)17(23)20-13-6-4-3-5-7-13/h3-9,15,24H,2,10-12H2,1H3,(H,19,22)(H,20,23). The summed E-state index contributed by atoms with van der Waals surface area (Å²) in [6.07, 6.45) is 1.84. The Hall–Kier alpha value is -2.12. The number of thioether (sulfide) groups is 1. The molecule has 3 rings (SSSR count). The zero-order valence-corrected chi connectivity index (χ0v) is 14.9. The molecule has 1 heterocycles. The molecule has 1 amide bonds. The summed E-state index contributed by atoms with van der Waals surface area (Å²) >= 11 is 1.79. The molecule has 25 heavy (non-hydrogen) atoms. The van der Waals surface area contributed by atoms with Gasteiger partial charge in [0, 0.05) is 17.5 Å². The van der Waals surface area contributed by atoms with Crippen molar-refractivity contribution in [3.63, 3.8) is 0 Å². The Morgan fingerprint density at radius 2 is 2.08 bits per heavy atom. The van der Waals surface area contributed by atoms with Crippen LogP contribution in [0.5, 0.6) is 0 Å². The van der Waals surface area contributed by atoms with E-state index in [4.69, 9.17) is 0 Å². The van der Waals surface area contributed by atoms with Crippen LogP contribution in [0.1, 0.15) is 30.3 Å². The van der Waals surface area contributed by atoms with Gasteiger partial charge < -0.3 is 15.7 Å². The number of carbonyl (C=O) groups is 1. The summed E-state index contributed by atoms with van der Waals surface area (Å²) in [6.45, 7) is 2.54. The zero-order valence-electron chi connectivity index (χ0n) is 14.1. The minimum Gasteiger partial charge on any atom is -0.387 e. The van der Waals surface area contributed by atoms with Crippen molar-refractivity contribution in [1.82, 2.24) is 10.2 Å². The van der Waals surface area contributed by atoms with Crippen LogP contribution in [0.3, 0.4) is 0 Å². The van der Waals surface area contributed by atoms with Crippen LogP contribution in [0.4, 0.5) is 11.5 Å². The van der Waals surface area contributed by atoms with Crippen molar-refractivity contribution < 1.29 is 9.90 Å². The van der Waals surface area contributed by atoms with Gasteiger partial charge in [-0.25, -0.2) is 0 Å². The van der Waals surface area contributed by atoms with Gasteiger partial charge in [-0.2, -0.15) is 11.8 Å². The average molecular weight is 358 g/mol. The molecule has 2 aromatic rings. The van der Waals surface area contributed by atoms with E-state index < -0.39 is 5.60 Å². The van der Waals surface area contributed by atoms with Crippen molar-refractivity contribution in [3.05, 3.63) is 48.2 Å². The molecule has 0 aliphatic heterocycles. The molecule has 7 heteroatoms. The van der Waals surface area contributed by atoms with Crippen LogP contribution >= 0.6 is 11.8 Å². The third kappa shape index (κ3) is 4.29. The number of aromatic nitrogens is 2. The van der Waals surface area contributed by atoms with E-state index in [1.54, 1.807) is 23.9 Å². The van der Waals surface area contributed by atoms with E-state index in [1.807, 2.05) is 30.3 Å². The van der Waals surface area contributed by atoms with Gasteiger partial charge >= 0.3 is 0 Å². The topological polar surface area (TPSA) is 87.1 Å². The van der Waals surface area contributed by atoms with Crippen LogP contribution in [-0.2, 0) is 0 Å². The van der Waals surface area contributed by atoms with Gasteiger partial charge in [-0.1, -0.05) is 25.1 Å². The maximum absolute atomic E-state index is 12.1. The first-order valence-corrected chi connectivity index (χ1v) is 9.43. The van der Waals surface area contributed by atoms with Gasteiger partial charge in [-0.05, 0) is 42.9 Å². The van der Waals surface area contributed by atoms with Gasteiger partial charge in [-0.3, -0.25) is 4.79 Å². The number of rotatable bonds is 7. The smallest absolute Gasteiger partial charge is 0.276 e. The Labute approximate surface area is 151 Å². The number of nitrogens with one attached hydrogen (secondary N) is 2. The third-order valence-corrected chi connectivity index (χ3v) is 5.72. The van der Waals surface area contributed by atoms with E-state index in [-0.39, 0.29) is 16.9 Å². The summed E-state index contributed by atoms with van der Waals surface area (Å²) in [5, 5.41) is 24.7. The van der Waals surface area contributed by atoms with Crippen molar-refractivity contribution in [3.8, 4) is 0 Å². The van der Waals surface area contributed by atoms with E-state index in [2.05, 4.69) is 27.8 Å². The second-order valence-corrected chi connectivity index (χ2v) is 7.54. The molecular weight excluding hydrogens is 336 g/mol. The van der Waals surface area contributed by atoms with Crippen LogP contribution in [-0.4, -0.2) is 44.4 Å². The van der Waals surface area contributed by atoms with Gasteiger partial charge in [0.05, 0.1) is 5.60 Å². The Morgan fingerprint density at radius 1 is 1.28 bits per heavy atom. The van der Waals surface area contributed by atoms with Crippen LogP contribution in [0.15, 0.2) is 42.5 Å². The highest BCUT2D eigenvalue weighted by atomic mass is 32.2. The van der Waals surface area contributed by atoms with Gasteiger partial charge in [0.15, 0.2) is 5.69 Å². The lowest BCUT2D eigenvalue weighted by Gasteiger charge is -2.45. The van der Waals surface area contributed by atoms with Crippen molar-refractivity contribution in [2.45, 2.75) is 30.6 Å². The maximum atomic E-state index is 12.1. The number of benzene rings is 1. The molecule has 0 saturated heterocycles.